The largest absolute Gasteiger partial charge is 0.327 e. The number of nitrogens with two attached hydrogens (primary N) is 1. The second-order valence-corrected chi connectivity index (χ2v) is 6.50. The molecule has 1 atom stereocenters. The third kappa shape index (κ3) is 4.40. The van der Waals surface area contributed by atoms with E-state index < -0.39 is 0 Å². The number of hydrogen-bond acceptors (Lipinski definition) is 1. The van der Waals surface area contributed by atoms with Crippen LogP contribution in [0.15, 0.2) is 28.7 Å². The molecule has 0 aliphatic heterocycles. The van der Waals surface area contributed by atoms with Gasteiger partial charge in [0.2, 0.25) is 0 Å². The number of halogens is 1. The van der Waals surface area contributed by atoms with Crippen LogP contribution in [-0.4, -0.2) is 6.04 Å². The fourth-order valence-electron chi connectivity index (χ4n) is 3.06. The number of hydrogen-bond donors (Lipinski definition) is 1. The summed E-state index contributed by atoms with van der Waals surface area (Å²) in [5, 5.41) is 0. The molecule has 1 aromatic rings. The highest BCUT2D eigenvalue weighted by molar-refractivity contribution is 9.10. The lowest BCUT2D eigenvalue weighted by atomic mass is 9.90. The minimum atomic E-state index is 0.312. The lowest BCUT2D eigenvalue weighted by Crippen LogP contribution is -2.26. The van der Waals surface area contributed by atoms with E-state index in [0.717, 1.165) is 12.3 Å². The molecule has 1 saturated carbocycles. The molecule has 2 rings (SSSR count). The molecular weight excluding hydrogens is 286 g/mol. The highest BCUT2D eigenvalue weighted by Crippen LogP contribution is 2.27. The van der Waals surface area contributed by atoms with Gasteiger partial charge in [0.25, 0.3) is 0 Å². The molecule has 1 aliphatic rings. The fourth-order valence-corrected chi connectivity index (χ4v) is 3.50. The van der Waals surface area contributed by atoms with Crippen molar-refractivity contribution >= 4 is 15.9 Å². The molecule has 2 N–H and O–H groups in total. The van der Waals surface area contributed by atoms with Crippen LogP contribution in [0.1, 0.15) is 50.5 Å². The van der Waals surface area contributed by atoms with Crippen molar-refractivity contribution in [1.29, 1.82) is 0 Å². The second kappa shape index (κ2) is 7.30. The molecule has 100 valence electrons. The molecule has 1 aromatic carbocycles. The average molecular weight is 310 g/mol. The summed E-state index contributed by atoms with van der Waals surface area (Å²) in [7, 11) is 0. The highest BCUT2D eigenvalue weighted by Gasteiger charge is 2.16. The summed E-state index contributed by atoms with van der Waals surface area (Å²) in [6.45, 7) is 0. The first-order chi connectivity index (χ1) is 8.75. The zero-order valence-electron chi connectivity index (χ0n) is 11.1. The maximum absolute atomic E-state index is 6.34. The van der Waals surface area contributed by atoms with Crippen molar-refractivity contribution in [3.63, 3.8) is 0 Å². The van der Waals surface area contributed by atoms with Gasteiger partial charge in [-0.25, -0.2) is 0 Å². The maximum atomic E-state index is 6.34. The Morgan fingerprint density at radius 2 is 1.78 bits per heavy atom. The molecule has 0 bridgehead atoms. The van der Waals surface area contributed by atoms with Crippen molar-refractivity contribution in [1.82, 2.24) is 0 Å². The van der Waals surface area contributed by atoms with E-state index in [1.54, 1.807) is 0 Å². The summed E-state index contributed by atoms with van der Waals surface area (Å²) in [4.78, 5) is 0. The summed E-state index contributed by atoms with van der Waals surface area (Å²) < 4.78 is 1.20. The molecule has 1 fully saturated rings. The third-order valence-electron chi connectivity index (χ3n) is 4.05. The van der Waals surface area contributed by atoms with Crippen molar-refractivity contribution in [2.45, 2.75) is 57.4 Å². The van der Waals surface area contributed by atoms with Gasteiger partial charge in [0.15, 0.2) is 0 Å². The Morgan fingerprint density at radius 3 is 2.44 bits per heavy atom. The first kappa shape index (κ1) is 14.1. The van der Waals surface area contributed by atoms with E-state index in [4.69, 9.17) is 5.73 Å². The van der Waals surface area contributed by atoms with Gasteiger partial charge in [0.05, 0.1) is 0 Å². The Bertz CT molecular complexity index is 356. The van der Waals surface area contributed by atoms with E-state index in [0.29, 0.717) is 6.04 Å². The van der Waals surface area contributed by atoms with Gasteiger partial charge in [0.1, 0.15) is 0 Å². The average Bonchev–Trinajstić information content (AvgIpc) is 2.61. The van der Waals surface area contributed by atoms with Gasteiger partial charge < -0.3 is 5.73 Å². The van der Waals surface area contributed by atoms with E-state index in [2.05, 4.69) is 40.2 Å². The third-order valence-corrected chi connectivity index (χ3v) is 4.82. The summed E-state index contributed by atoms with van der Waals surface area (Å²) in [6, 6.07) is 8.75. The van der Waals surface area contributed by atoms with E-state index in [1.807, 2.05) is 0 Å². The van der Waals surface area contributed by atoms with Gasteiger partial charge >= 0.3 is 0 Å². The molecule has 1 nitrogen and oxygen atoms in total. The van der Waals surface area contributed by atoms with Crippen LogP contribution in [-0.2, 0) is 6.42 Å². The fraction of sp³-hybridized carbons (Fsp3) is 0.625. The van der Waals surface area contributed by atoms with Crippen LogP contribution in [0.5, 0.6) is 0 Å². The lowest BCUT2D eigenvalue weighted by molar-refractivity contribution is 0.387. The van der Waals surface area contributed by atoms with Crippen molar-refractivity contribution in [3.8, 4) is 0 Å². The van der Waals surface area contributed by atoms with Gasteiger partial charge in [-0.2, -0.15) is 0 Å². The SMILES string of the molecule is NC(Cc1ccccc1Br)CC1CCCCCC1. The van der Waals surface area contributed by atoms with Crippen LogP contribution in [0.3, 0.4) is 0 Å². The molecule has 0 spiro atoms. The Balaban J connectivity index is 1.84. The molecule has 2 heteroatoms. The summed E-state index contributed by atoms with van der Waals surface area (Å²) >= 11 is 3.61. The van der Waals surface area contributed by atoms with Gasteiger partial charge in [-0.15, -0.1) is 0 Å². The minimum absolute atomic E-state index is 0.312. The topological polar surface area (TPSA) is 26.0 Å². The second-order valence-electron chi connectivity index (χ2n) is 5.65. The van der Waals surface area contributed by atoms with Gasteiger partial charge in [-0.05, 0) is 30.4 Å². The molecule has 1 unspecified atom stereocenters. The highest BCUT2D eigenvalue weighted by atomic mass is 79.9. The van der Waals surface area contributed by atoms with Crippen LogP contribution in [0.4, 0.5) is 0 Å². The van der Waals surface area contributed by atoms with E-state index in [1.165, 1.54) is 55.0 Å². The van der Waals surface area contributed by atoms with Crippen LogP contribution >= 0.6 is 15.9 Å². The van der Waals surface area contributed by atoms with Gasteiger partial charge in [-0.3, -0.25) is 0 Å². The first-order valence-corrected chi connectivity index (χ1v) is 8.04. The zero-order valence-corrected chi connectivity index (χ0v) is 12.7. The minimum Gasteiger partial charge on any atom is -0.327 e. The van der Waals surface area contributed by atoms with E-state index in [-0.39, 0.29) is 0 Å². The quantitative estimate of drug-likeness (QED) is 0.803. The lowest BCUT2D eigenvalue weighted by Gasteiger charge is -2.19. The van der Waals surface area contributed by atoms with Crippen LogP contribution in [0.2, 0.25) is 0 Å². The molecule has 0 saturated heterocycles. The first-order valence-electron chi connectivity index (χ1n) is 7.24. The van der Waals surface area contributed by atoms with Gasteiger partial charge in [-0.1, -0.05) is 72.7 Å². The van der Waals surface area contributed by atoms with Crippen molar-refractivity contribution in [2.24, 2.45) is 11.7 Å². The maximum Gasteiger partial charge on any atom is 0.0207 e. The van der Waals surface area contributed by atoms with E-state index >= 15 is 0 Å². The van der Waals surface area contributed by atoms with Gasteiger partial charge in [0, 0.05) is 10.5 Å². The zero-order chi connectivity index (χ0) is 12.8. The summed E-state index contributed by atoms with van der Waals surface area (Å²) in [5.41, 5.74) is 7.68. The Morgan fingerprint density at radius 1 is 1.11 bits per heavy atom. The number of rotatable bonds is 4. The number of benzene rings is 1. The summed E-state index contributed by atoms with van der Waals surface area (Å²) in [6.07, 6.45) is 10.7. The van der Waals surface area contributed by atoms with Crippen LogP contribution in [0, 0.1) is 5.92 Å². The van der Waals surface area contributed by atoms with Crippen molar-refractivity contribution in [3.05, 3.63) is 34.3 Å². The molecule has 1 aliphatic carbocycles. The Labute approximate surface area is 119 Å². The molecule has 0 aromatic heterocycles. The monoisotopic (exact) mass is 309 g/mol. The molecule has 18 heavy (non-hydrogen) atoms. The molecule has 0 heterocycles. The Hall–Kier alpha value is -0.340. The van der Waals surface area contributed by atoms with Crippen molar-refractivity contribution < 1.29 is 0 Å². The predicted octanol–water partition coefficient (Wildman–Crippen LogP) is 4.68. The molecule has 0 amide bonds. The normalized spacial score (nSPS) is 19.4. The smallest absolute Gasteiger partial charge is 0.0207 e. The summed E-state index contributed by atoms with van der Waals surface area (Å²) in [5.74, 6) is 0.866. The standard InChI is InChI=1S/C16H24BrN/c17-16-10-6-5-9-14(16)12-15(18)11-13-7-3-1-2-4-8-13/h5-6,9-10,13,15H,1-4,7-8,11-12,18H2. The van der Waals surface area contributed by atoms with E-state index in [9.17, 15) is 0 Å². The molecular formula is C16H24BrN. The Kier molecular flexibility index (Phi) is 5.71. The van der Waals surface area contributed by atoms with Crippen LogP contribution in [0.25, 0.3) is 0 Å². The predicted molar refractivity (Wildman–Crippen MR) is 81.6 cm³/mol. The van der Waals surface area contributed by atoms with Crippen molar-refractivity contribution in [2.75, 3.05) is 0 Å². The molecule has 0 radical (unpaired) electrons. The van der Waals surface area contributed by atoms with Crippen LogP contribution < -0.4 is 5.73 Å².